The lowest BCUT2D eigenvalue weighted by Crippen LogP contribution is -2.16. The number of carbonyl (C=O) groups is 3. The zero-order chi connectivity index (χ0) is 22.9. The van der Waals surface area contributed by atoms with Crippen molar-refractivity contribution in [3.8, 4) is 16.9 Å². The zero-order valence-electron chi connectivity index (χ0n) is 18.1. The number of carbonyl (C=O) groups excluding carboxylic acids is 3. The van der Waals surface area contributed by atoms with Crippen LogP contribution in [-0.2, 0) is 16.1 Å². The molecular formula is C24H26N2O5S. The largest absolute Gasteiger partial charge is 0.494 e. The van der Waals surface area contributed by atoms with Crippen molar-refractivity contribution < 1.29 is 23.9 Å². The molecule has 0 atom stereocenters. The summed E-state index contributed by atoms with van der Waals surface area (Å²) in [7, 11) is 0. The number of thiophene rings is 1. The molecule has 0 aliphatic rings. The number of amides is 1. The van der Waals surface area contributed by atoms with Gasteiger partial charge in [-0.2, -0.15) is 0 Å². The number of aryl methyl sites for hydroxylation is 1. The fourth-order valence-electron chi connectivity index (χ4n) is 3.17. The van der Waals surface area contributed by atoms with Crippen molar-refractivity contribution in [2.75, 3.05) is 18.5 Å². The van der Waals surface area contributed by atoms with Crippen LogP contribution in [0.25, 0.3) is 11.1 Å². The zero-order valence-corrected chi connectivity index (χ0v) is 18.9. The van der Waals surface area contributed by atoms with Gasteiger partial charge in [0.05, 0.1) is 18.9 Å². The van der Waals surface area contributed by atoms with E-state index in [0.29, 0.717) is 35.0 Å². The first-order chi connectivity index (χ1) is 15.6. The quantitative estimate of drug-likeness (QED) is 0.325. The van der Waals surface area contributed by atoms with Gasteiger partial charge in [-0.15, -0.1) is 11.3 Å². The van der Waals surface area contributed by atoms with E-state index < -0.39 is 5.97 Å². The summed E-state index contributed by atoms with van der Waals surface area (Å²) in [6.45, 7) is 5.01. The van der Waals surface area contributed by atoms with E-state index in [2.05, 4.69) is 5.32 Å². The topological polar surface area (TPSA) is 86.6 Å². The Morgan fingerprint density at radius 2 is 1.94 bits per heavy atom. The number of rotatable bonds is 11. The first-order valence-electron chi connectivity index (χ1n) is 10.5. The van der Waals surface area contributed by atoms with Crippen LogP contribution >= 0.6 is 11.3 Å². The molecule has 0 fully saturated rings. The molecule has 2 heterocycles. The number of anilines is 1. The molecule has 2 aromatic heterocycles. The fourth-order valence-corrected chi connectivity index (χ4v) is 4.14. The van der Waals surface area contributed by atoms with Gasteiger partial charge in [0.2, 0.25) is 5.91 Å². The maximum Gasteiger partial charge on any atom is 0.341 e. The summed E-state index contributed by atoms with van der Waals surface area (Å²) in [6.07, 6.45) is 3.58. The van der Waals surface area contributed by atoms with Crippen LogP contribution in [0.4, 0.5) is 5.00 Å². The molecule has 0 radical (unpaired) electrons. The van der Waals surface area contributed by atoms with Gasteiger partial charge in [0.1, 0.15) is 16.3 Å². The highest BCUT2D eigenvalue weighted by molar-refractivity contribution is 7.15. The Hall–Kier alpha value is -3.39. The van der Waals surface area contributed by atoms with Crippen LogP contribution in [-0.4, -0.2) is 35.9 Å². The Labute approximate surface area is 191 Å². The van der Waals surface area contributed by atoms with Gasteiger partial charge in [0.15, 0.2) is 6.29 Å². The van der Waals surface area contributed by atoms with E-state index >= 15 is 0 Å². The van der Waals surface area contributed by atoms with Gasteiger partial charge in [0.25, 0.3) is 0 Å². The van der Waals surface area contributed by atoms with Crippen LogP contribution in [0.1, 0.15) is 47.5 Å². The van der Waals surface area contributed by atoms with Crippen LogP contribution in [0.2, 0.25) is 0 Å². The van der Waals surface area contributed by atoms with Crippen molar-refractivity contribution in [3.05, 3.63) is 59.2 Å². The van der Waals surface area contributed by atoms with Crippen molar-refractivity contribution in [1.29, 1.82) is 0 Å². The molecule has 0 saturated carbocycles. The molecule has 7 nitrogen and oxygen atoms in total. The molecule has 32 heavy (non-hydrogen) atoms. The molecule has 1 amide bonds. The highest BCUT2D eigenvalue weighted by Crippen LogP contribution is 2.37. The van der Waals surface area contributed by atoms with Crippen molar-refractivity contribution >= 4 is 34.5 Å². The third kappa shape index (κ3) is 5.64. The number of nitrogens with one attached hydrogen (secondary N) is 1. The number of esters is 1. The second kappa shape index (κ2) is 11.3. The second-order valence-corrected chi connectivity index (χ2v) is 7.87. The second-order valence-electron chi connectivity index (χ2n) is 6.99. The minimum Gasteiger partial charge on any atom is -0.494 e. The Morgan fingerprint density at radius 3 is 2.62 bits per heavy atom. The van der Waals surface area contributed by atoms with Crippen LogP contribution in [0, 0.1) is 0 Å². The lowest BCUT2D eigenvalue weighted by Gasteiger charge is -2.10. The summed E-state index contributed by atoms with van der Waals surface area (Å²) in [5, 5.41) is 5.11. The van der Waals surface area contributed by atoms with Crippen LogP contribution in [0.15, 0.2) is 48.0 Å². The lowest BCUT2D eigenvalue weighted by molar-refractivity contribution is -0.116. The first kappa shape index (κ1) is 23.3. The molecule has 168 valence electrons. The highest BCUT2D eigenvalue weighted by atomic mass is 32.1. The molecular weight excluding hydrogens is 428 g/mol. The molecule has 0 aliphatic heterocycles. The van der Waals surface area contributed by atoms with Crippen LogP contribution < -0.4 is 10.1 Å². The van der Waals surface area contributed by atoms with E-state index in [9.17, 15) is 14.4 Å². The van der Waals surface area contributed by atoms with Crippen LogP contribution in [0.3, 0.4) is 0 Å². The van der Waals surface area contributed by atoms with Crippen molar-refractivity contribution in [1.82, 2.24) is 4.57 Å². The van der Waals surface area contributed by atoms with E-state index in [-0.39, 0.29) is 18.9 Å². The van der Waals surface area contributed by atoms with Gasteiger partial charge in [0, 0.05) is 30.1 Å². The summed E-state index contributed by atoms with van der Waals surface area (Å²) in [4.78, 5) is 36.3. The minimum absolute atomic E-state index is 0.161. The molecule has 0 bridgehead atoms. The Morgan fingerprint density at radius 1 is 1.16 bits per heavy atom. The smallest absolute Gasteiger partial charge is 0.341 e. The SMILES string of the molecule is CCCOc1ccc(-c2csc(NC(=O)CCn3cccc3C=O)c2C(=O)OCC)cc1. The summed E-state index contributed by atoms with van der Waals surface area (Å²) in [5.41, 5.74) is 2.37. The van der Waals surface area contributed by atoms with Gasteiger partial charge in [-0.25, -0.2) is 4.79 Å². The third-order valence-electron chi connectivity index (χ3n) is 4.73. The molecule has 3 aromatic rings. The average Bonchev–Trinajstić information content (AvgIpc) is 3.43. The molecule has 3 rings (SSSR count). The molecule has 1 N–H and O–H groups in total. The van der Waals surface area contributed by atoms with E-state index in [1.807, 2.05) is 36.6 Å². The number of ether oxygens (including phenoxy) is 2. The van der Waals surface area contributed by atoms with E-state index in [0.717, 1.165) is 24.0 Å². The lowest BCUT2D eigenvalue weighted by atomic mass is 10.0. The molecule has 0 unspecified atom stereocenters. The average molecular weight is 455 g/mol. The molecule has 0 saturated heterocycles. The highest BCUT2D eigenvalue weighted by Gasteiger charge is 2.23. The monoisotopic (exact) mass is 454 g/mol. The van der Waals surface area contributed by atoms with Gasteiger partial charge < -0.3 is 19.4 Å². The maximum atomic E-state index is 12.7. The molecule has 0 spiro atoms. The normalized spacial score (nSPS) is 10.6. The van der Waals surface area contributed by atoms with Gasteiger partial charge >= 0.3 is 5.97 Å². The summed E-state index contributed by atoms with van der Waals surface area (Å²) >= 11 is 1.28. The number of hydrogen-bond acceptors (Lipinski definition) is 6. The third-order valence-corrected chi connectivity index (χ3v) is 5.62. The number of hydrogen-bond donors (Lipinski definition) is 1. The Balaban J connectivity index is 1.78. The number of benzene rings is 1. The Bertz CT molecular complexity index is 1070. The van der Waals surface area contributed by atoms with Crippen molar-refractivity contribution in [3.63, 3.8) is 0 Å². The first-order valence-corrected chi connectivity index (χ1v) is 11.4. The molecule has 8 heteroatoms. The number of aldehydes is 1. The van der Waals surface area contributed by atoms with Gasteiger partial charge in [-0.05, 0) is 43.2 Å². The summed E-state index contributed by atoms with van der Waals surface area (Å²) in [6, 6.07) is 10.9. The predicted octanol–water partition coefficient (Wildman–Crippen LogP) is 5.02. The van der Waals surface area contributed by atoms with Crippen LogP contribution in [0.5, 0.6) is 5.75 Å². The number of nitrogens with zero attached hydrogens (tertiary/aromatic N) is 1. The minimum atomic E-state index is -0.487. The summed E-state index contributed by atoms with van der Waals surface area (Å²) in [5.74, 6) is 0.0218. The predicted molar refractivity (Wildman–Crippen MR) is 125 cm³/mol. The van der Waals surface area contributed by atoms with Crippen molar-refractivity contribution in [2.45, 2.75) is 33.2 Å². The standard InChI is InChI=1S/C24H26N2O5S/c1-3-14-31-19-9-7-17(8-10-19)20-16-32-23(22(20)24(29)30-4-2)25-21(28)11-13-26-12-5-6-18(26)15-27/h5-10,12,15-16H,3-4,11,13-14H2,1-2H3,(H,25,28). The van der Waals surface area contributed by atoms with E-state index in [1.165, 1.54) is 11.3 Å². The van der Waals surface area contributed by atoms with E-state index in [1.54, 1.807) is 29.8 Å². The molecule has 1 aromatic carbocycles. The van der Waals surface area contributed by atoms with Crippen molar-refractivity contribution in [2.24, 2.45) is 0 Å². The fraction of sp³-hybridized carbons (Fsp3) is 0.292. The Kier molecular flexibility index (Phi) is 8.21. The molecule has 0 aliphatic carbocycles. The summed E-state index contributed by atoms with van der Waals surface area (Å²) < 4.78 is 12.6. The van der Waals surface area contributed by atoms with Gasteiger partial charge in [-0.3, -0.25) is 9.59 Å². The van der Waals surface area contributed by atoms with Gasteiger partial charge in [-0.1, -0.05) is 19.1 Å². The number of aromatic nitrogens is 1. The van der Waals surface area contributed by atoms with E-state index in [4.69, 9.17) is 9.47 Å². The maximum absolute atomic E-state index is 12.7.